The quantitative estimate of drug-likeness (QED) is 0.235. The fourth-order valence-corrected chi connectivity index (χ4v) is 4.85. The number of hydrogen-bond acceptors (Lipinski definition) is 5. The summed E-state index contributed by atoms with van der Waals surface area (Å²) >= 11 is 0. The molecule has 0 heterocycles. The molecule has 2 rings (SSSR count). The van der Waals surface area contributed by atoms with Gasteiger partial charge in [0, 0.05) is 11.7 Å². The molecule has 0 aliphatic rings. The van der Waals surface area contributed by atoms with E-state index in [9.17, 15) is 14.4 Å². The van der Waals surface area contributed by atoms with Gasteiger partial charge in [0.25, 0.3) is 5.91 Å². The second-order valence-electron chi connectivity index (χ2n) is 12.8. The van der Waals surface area contributed by atoms with Crippen molar-refractivity contribution in [3.05, 3.63) is 59.7 Å². The zero-order valence-electron chi connectivity index (χ0n) is 27.8. The molecular weight excluding hydrogens is 542 g/mol. The van der Waals surface area contributed by atoms with Crippen molar-refractivity contribution in [3.63, 3.8) is 0 Å². The Labute approximate surface area is 258 Å². The average molecular weight is 596 g/mol. The fourth-order valence-electron chi connectivity index (χ4n) is 4.85. The number of aryl methyl sites for hydroxylation is 1. The maximum atomic E-state index is 14.7. The number of hydrogen-bond donors (Lipinski definition) is 2. The highest BCUT2D eigenvalue weighted by Crippen LogP contribution is 2.30. The first-order chi connectivity index (χ1) is 20.2. The van der Waals surface area contributed by atoms with Gasteiger partial charge in [-0.15, -0.1) is 0 Å². The van der Waals surface area contributed by atoms with Gasteiger partial charge in [0.1, 0.15) is 23.4 Å². The minimum absolute atomic E-state index is 0.201. The van der Waals surface area contributed by atoms with E-state index in [1.165, 1.54) is 0 Å². The van der Waals surface area contributed by atoms with Gasteiger partial charge in [0.05, 0.1) is 7.11 Å². The summed E-state index contributed by atoms with van der Waals surface area (Å²) in [6.45, 7) is 17.6. The van der Waals surface area contributed by atoms with E-state index < -0.39 is 23.8 Å². The number of carbonyl (C=O) groups excluding carboxylic acids is 3. The summed E-state index contributed by atoms with van der Waals surface area (Å²) in [6, 6.07) is 12.8. The van der Waals surface area contributed by atoms with Gasteiger partial charge in [0.15, 0.2) is 0 Å². The third kappa shape index (κ3) is 10.9. The molecule has 0 aliphatic carbocycles. The highest BCUT2D eigenvalue weighted by molar-refractivity contribution is 5.99. The second-order valence-corrected chi connectivity index (χ2v) is 12.8. The Kier molecular flexibility index (Phi) is 13.5. The largest absolute Gasteiger partial charge is 0.497 e. The van der Waals surface area contributed by atoms with Crippen molar-refractivity contribution in [1.29, 1.82) is 0 Å². The van der Waals surface area contributed by atoms with Gasteiger partial charge in [-0.25, -0.2) is 4.79 Å². The Morgan fingerprint density at radius 1 is 0.884 bits per heavy atom. The summed E-state index contributed by atoms with van der Waals surface area (Å²) in [5.74, 6) is 0.242. The number of ether oxygens (including phenoxy) is 2. The van der Waals surface area contributed by atoms with Crippen LogP contribution < -0.4 is 15.4 Å². The van der Waals surface area contributed by atoms with Crippen LogP contribution in [0, 0.1) is 11.8 Å². The van der Waals surface area contributed by atoms with E-state index in [0.717, 1.165) is 18.4 Å². The molecule has 43 heavy (non-hydrogen) atoms. The minimum Gasteiger partial charge on any atom is -0.497 e. The summed E-state index contributed by atoms with van der Waals surface area (Å²) in [5.41, 5.74) is 1.70. The number of alkyl carbamates (subject to hydrolysis) is 1. The molecule has 4 atom stereocenters. The molecule has 2 N–H and O–H groups in total. The van der Waals surface area contributed by atoms with Crippen LogP contribution in [0.5, 0.6) is 5.75 Å². The Bertz CT molecular complexity index is 1170. The third-order valence-electron chi connectivity index (χ3n) is 7.63. The van der Waals surface area contributed by atoms with Crippen molar-refractivity contribution < 1.29 is 23.9 Å². The molecule has 2 aromatic rings. The number of anilines is 1. The van der Waals surface area contributed by atoms with Crippen molar-refractivity contribution >= 4 is 23.6 Å². The topological polar surface area (TPSA) is 97.0 Å². The normalized spacial score (nSPS) is 14.3. The van der Waals surface area contributed by atoms with Crippen LogP contribution in [0.4, 0.5) is 10.5 Å². The van der Waals surface area contributed by atoms with E-state index in [2.05, 4.69) is 31.4 Å². The molecule has 0 aliphatic heterocycles. The lowest BCUT2D eigenvalue weighted by molar-refractivity contribution is -0.144. The summed E-state index contributed by atoms with van der Waals surface area (Å²) in [6.07, 6.45) is 2.41. The predicted octanol–water partition coefficient (Wildman–Crippen LogP) is 7.53. The lowest BCUT2D eigenvalue weighted by atomic mass is 9.93. The minimum atomic E-state index is -0.935. The molecule has 3 amide bonds. The molecule has 0 radical (unpaired) electrons. The smallest absolute Gasteiger partial charge is 0.408 e. The molecule has 238 valence electrons. The number of amides is 3. The van der Waals surface area contributed by atoms with Crippen LogP contribution in [0.1, 0.15) is 98.7 Å². The highest BCUT2D eigenvalue weighted by Gasteiger charge is 2.40. The van der Waals surface area contributed by atoms with Crippen molar-refractivity contribution in [2.24, 2.45) is 11.8 Å². The standard InChI is InChI=1S/C35H53N3O5/c1-11-24(5)30(37-34(41)43-35(7,8)9)33(40)38(25(6)14-13-23(3)4)31(27-17-15-26(12-2)16-18-27)32(39)36-28-19-21-29(42-10)22-20-28/h15-25,30-31H,11-14H2,1-10H3,(H,36,39)(H,37,41). The van der Waals surface area contributed by atoms with Crippen LogP contribution in [0.15, 0.2) is 48.5 Å². The predicted molar refractivity (Wildman–Crippen MR) is 173 cm³/mol. The first-order valence-corrected chi connectivity index (χ1v) is 15.6. The third-order valence-corrected chi connectivity index (χ3v) is 7.63. The maximum absolute atomic E-state index is 14.7. The second kappa shape index (κ2) is 16.3. The van der Waals surface area contributed by atoms with E-state index in [4.69, 9.17) is 9.47 Å². The Morgan fingerprint density at radius 2 is 1.49 bits per heavy atom. The Morgan fingerprint density at radius 3 is 1.98 bits per heavy atom. The molecular formula is C35H53N3O5. The van der Waals surface area contributed by atoms with Gasteiger partial charge in [-0.05, 0) is 94.2 Å². The van der Waals surface area contributed by atoms with Gasteiger partial charge in [0.2, 0.25) is 5.91 Å². The van der Waals surface area contributed by atoms with Crippen LogP contribution in [0.25, 0.3) is 0 Å². The molecule has 0 bridgehead atoms. The van der Waals surface area contributed by atoms with E-state index >= 15 is 0 Å². The van der Waals surface area contributed by atoms with Crippen LogP contribution in [0.2, 0.25) is 0 Å². The highest BCUT2D eigenvalue weighted by atomic mass is 16.6. The molecule has 0 spiro atoms. The molecule has 2 aromatic carbocycles. The van der Waals surface area contributed by atoms with Crippen molar-refractivity contribution in [2.45, 2.75) is 112 Å². The monoisotopic (exact) mass is 595 g/mol. The summed E-state index contributed by atoms with van der Waals surface area (Å²) in [7, 11) is 1.59. The number of carbonyl (C=O) groups is 3. The number of methoxy groups -OCH3 is 1. The molecule has 0 aromatic heterocycles. The Balaban J connectivity index is 2.64. The summed E-state index contributed by atoms with van der Waals surface area (Å²) in [5, 5.41) is 5.88. The molecule has 0 saturated carbocycles. The van der Waals surface area contributed by atoms with Crippen molar-refractivity contribution in [3.8, 4) is 5.75 Å². The van der Waals surface area contributed by atoms with Crippen LogP contribution in [-0.4, -0.2) is 47.6 Å². The zero-order valence-corrected chi connectivity index (χ0v) is 27.8. The van der Waals surface area contributed by atoms with Crippen LogP contribution in [-0.2, 0) is 20.7 Å². The lowest BCUT2D eigenvalue weighted by Gasteiger charge is -2.40. The fraction of sp³-hybridized carbons (Fsp3) is 0.571. The van der Waals surface area contributed by atoms with Crippen molar-refractivity contribution in [2.75, 3.05) is 12.4 Å². The Hall–Kier alpha value is -3.55. The van der Waals surface area contributed by atoms with Crippen molar-refractivity contribution in [1.82, 2.24) is 10.2 Å². The summed E-state index contributed by atoms with van der Waals surface area (Å²) in [4.78, 5) is 43.5. The van der Waals surface area contributed by atoms with E-state index in [-0.39, 0.29) is 23.8 Å². The van der Waals surface area contributed by atoms with E-state index in [1.54, 1.807) is 57.0 Å². The zero-order chi connectivity index (χ0) is 32.3. The number of rotatable bonds is 14. The summed E-state index contributed by atoms with van der Waals surface area (Å²) < 4.78 is 10.8. The van der Waals surface area contributed by atoms with Gasteiger partial charge < -0.3 is 25.0 Å². The molecule has 0 fully saturated rings. The average Bonchev–Trinajstić information content (AvgIpc) is 2.96. The van der Waals surface area contributed by atoms with Gasteiger partial charge in [-0.3, -0.25) is 9.59 Å². The first kappa shape index (κ1) is 35.6. The van der Waals surface area contributed by atoms with Gasteiger partial charge in [-0.1, -0.05) is 65.3 Å². The van der Waals surface area contributed by atoms with Gasteiger partial charge >= 0.3 is 6.09 Å². The van der Waals surface area contributed by atoms with Crippen LogP contribution >= 0.6 is 0 Å². The molecule has 0 saturated heterocycles. The number of benzene rings is 2. The lowest BCUT2D eigenvalue weighted by Crippen LogP contribution is -2.57. The van der Waals surface area contributed by atoms with E-state index in [1.807, 2.05) is 45.0 Å². The number of nitrogens with zero attached hydrogens (tertiary/aromatic N) is 1. The maximum Gasteiger partial charge on any atom is 0.408 e. The number of nitrogens with one attached hydrogen (secondary N) is 2. The molecule has 8 nitrogen and oxygen atoms in total. The SMILES string of the molecule is CCc1ccc(C(C(=O)Nc2ccc(OC)cc2)N(C(=O)C(NC(=O)OC(C)(C)C)C(C)CC)C(C)CCC(C)C)cc1. The van der Waals surface area contributed by atoms with E-state index in [0.29, 0.717) is 35.8 Å². The molecule has 4 unspecified atom stereocenters. The molecule has 8 heteroatoms. The van der Waals surface area contributed by atoms with Crippen LogP contribution in [0.3, 0.4) is 0 Å². The van der Waals surface area contributed by atoms with Gasteiger partial charge in [-0.2, -0.15) is 0 Å². The first-order valence-electron chi connectivity index (χ1n) is 15.6.